The second-order valence-corrected chi connectivity index (χ2v) is 11.4. The van der Waals surface area contributed by atoms with Crippen LogP contribution in [0.3, 0.4) is 0 Å². The van der Waals surface area contributed by atoms with Crippen LogP contribution in [0.25, 0.3) is 0 Å². The smallest absolute Gasteiger partial charge is 0.173 e. The summed E-state index contributed by atoms with van der Waals surface area (Å²) in [5, 5.41) is 8.73. The molecule has 4 nitrogen and oxygen atoms in total. The topological polar surface area (TPSA) is 57.7 Å². The molecular weight excluding hydrogens is 298 g/mol. The van der Waals surface area contributed by atoms with Crippen molar-refractivity contribution in [2.75, 3.05) is 6.61 Å². The SMILES string of the molecule is CC(Br)=N/C(C#N)=C\N=COCC[Si](C)(C)C. The third-order valence-electron chi connectivity index (χ3n) is 1.69. The van der Waals surface area contributed by atoms with Crippen LogP contribution in [-0.4, -0.2) is 25.7 Å². The molecule has 0 fully saturated rings. The van der Waals surface area contributed by atoms with Gasteiger partial charge in [-0.25, -0.2) is 9.98 Å². The highest BCUT2D eigenvalue weighted by atomic mass is 79.9. The predicted octanol–water partition coefficient (Wildman–Crippen LogP) is 3.55. The Morgan fingerprint density at radius 2 is 2.12 bits per heavy atom. The van der Waals surface area contributed by atoms with E-state index in [4.69, 9.17) is 10.00 Å². The molecule has 0 heterocycles. The lowest BCUT2D eigenvalue weighted by Gasteiger charge is -2.13. The van der Waals surface area contributed by atoms with Crippen LogP contribution >= 0.6 is 15.9 Å². The van der Waals surface area contributed by atoms with Crippen molar-refractivity contribution in [3.63, 3.8) is 0 Å². The van der Waals surface area contributed by atoms with E-state index in [0.29, 0.717) is 11.2 Å². The van der Waals surface area contributed by atoms with Crippen molar-refractivity contribution >= 4 is 35.0 Å². The molecule has 0 atom stereocenters. The van der Waals surface area contributed by atoms with Crippen LogP contribution < -0.4 is 0 Å². The minimum absolute atomic E-state index is 0.240. The molecule has 0 aromatic rings. The van der Waals surface area contributed by atoms with Crippen molar-refractivity contribution in [3.8, 4) is 6.07 Å². The molecule has 94 valence electrons. The van der Waals surface area contributed by atoms with Gasteiger partial charge in [0.15, 0.2) is 12.1 Å². The molecule has 0 amide bonds. The molecule has 0 aliphatic rings. The maximum Gasteiger partial charge on any atom is 0.173 e. The Balaban J connectivity index is 4.06. The summed E-state index contributed by atoms with van der Waals surface area (Å²) >= 11 is 3.15. The van der Waals surface area contributed by atoms with Crippen LogP contribution in [0.2, 0.25) is 25.7 Å². The first kappa shape index (κ1) is 16.1. The van der Waals surface area contributed by atoms with Crippen LogP contribution in [-0.2, 0) is 4.74 Å². The van der Waals surface area contributed by atoms with Crippen molar-refractivity contribution in [1.29, 1.82) is 5.26 Å². The molecule has 0 bridgehead atoms. The minimum atomic E-state index is -1.05. The standard InChI is InChI=1S/C11H18BrN3OSi/c1-10(12)15-11(7-13)8-14-9-16-5-6-17(2,3)4/h8-9H,5-6H2,1-4H3/b11-8-,14-9?,15-10?. The third-order valence-corrected chi connectivity index (χ3v) is 3.57. The van der Waals surface area contributed by atoms with Crippen molar-refractivity contribution < 1.29 is 4.74 Å². The van der Waals surface area contributed by atoms with E-state index in [9.17, 15) is 0 Å². The second-order valence-electron chi connectivity index (χ2n) is 4.67. The fourth-order valence-electron chi connectivity index (χ4n) is 0.811. The average molecular weight is 316 g/mol. The summed E-state index contributed by atoms with van der Waals surface area (Å²) in [5.41, 5.74) is 0.240. The number of aliphatic imine (C=N–C) groups is 2. The molecule has 6 heteroatoms. The maximum atomic E-state index is 8.73. The summed E-state index contributed by atoms with van der Waals surface area (Å²) in [7, 11) is -1.05. The molecule has 0 radical (unpaired) electrons. The molecule has 0 saturated carbocycles. The summed E-state index contributed by atoms with van der Waals surface area (Å²) in [4.78, 5) is 7.79. The van der Waals surface area contributed by atoms with E-state index in [2.05, 4.69) is 45.6 Å². The van der Waals surface area contributed by atoms with Crippen LogP contribution in [0, 0.1) is 11.3 Å². The first-order chi connectivity index (χ1) is 7.85. The average Bonchev–Trinajstić information content (AvgIpc) is 2.19. The monoisotopic (exact) mass is 315 g/mol. The zero-order valence-corrected chi connectivity index (χ0v) is 13.3. The molecule has 0 aromatic heterocycles. The van der Waals surface area contributed by atoms with Gasteiger partial charge in [-0.05, 0) is 28.9 Å². The maximum absolute atomic E-state index is 8.73. The summed E-state index contributed by atoms with van der Waals surface area (Å²) < 4.78 is 5.88. The Labute approximate surface area is 112 Å². The Morgan fingerprint density at radius 3 is 2.59 bits per heavy atom. The van der Waals surface area contributed by atoms with Gasteiger partial charge >= 0.3 is 0 Å². The molecular formula is C11H18BrN3OSi. The second kappa shape index (κ2) is 8.20. The van der Waals surface area contributed by atoms with Crippen molar-refractivity contribution in [1.82, 2.24) is 0 Å². The highest BCUT2D eigenvalue weighted by Crippen LogP contribution is 2.07. The van der Waals surface area contributed by atoms with Gasteiger partial charge in [0.25, 0.3) is 0 Å². The largest absolute Gasteiger partial charge is 0.483 e. The summed E-state index contributed by atoms with van der Waals surface area (Å²) in [6, 6.07) is 3.02. The Hall–Kier alpha value is -0.933. The van der Waals surface area contributed by atoms with Gasteiger partial charge in [0.1, 0.15) is 6.07 Å². The number of nitriles is 1. The van der Waals surface area contributed by atoms with Crippen LogP contribution in [0.5, 0.6) is 0 Å². The minimum Gasteiger partial charge on any atom is -0.483 e. The van der Waals surface area contributed by atoms with Crippen LogP contribution in [0.4, 0.5) is 0 Å². The quantitative estimate of drug-likeness (QED) is 0.247. The van der Waals surface area contributed by atoms with Gasteiger partial charge in [0.2, 0.25) is 0 Å². The number of halogens is 1. The van der Waals surface area contributed by atoms with Crippen molar-refractivity contribution in [2.24, 2.45) is 9.98 Å². The van der Waals surface area contributed by atoms with E-state index in [-0.39, 0.29) is 5.70 Å². The number of hydrogen-bond acceptors (Lipinski definition) is 4. The van der Waals surface area contributed by atoms with E-state index < -0.39 is 8.07 Å². The number of ether oxygens (including phenoxy) is 1. The molecule has 0 N–H and O–H groups in total. The molecule has 0 aromatic carbocycles. The normalized spacial score (nSPS) is 13.9. The molecule has 0 unspecified atom stereocenters. The van der Waals surface area contributed by atoms with Crippen LogP contribution in [0.1, 0.15) is 6.92 Å². The van der Waals surface area contributed by atoms with Gasteiger partial charge in [0, 0.05) is 8.07 Å². The lowest BCUT2D eigenvalue weighted by atomic mass is 10.5. The molecule has 17 heavy (non-hydrogen) atoms. The van der Waals surface area contributed by atoms with Crippen molar-refractivity contribution in [3.05, 3.63) is 11.9 Å². The fourth-order valence-corrected chi connectivity index (χ4v) is 1.73. The first-order valence-electron chi connectivity index (χ1n) is 5.29. The molecule has 0 spiro atoms. The third kappa shape index (κ3) is 11.3. The fraction of sp³-hybridized carbons (Fsp3) is 0.545. The molecule has 0 saturated heterocycles. The van der Waals surface area contributed by atoms with Gasteiger partial charge < -0.3 is 4.74 Å². The van der Waals surface area contributed by atoms with Gasteiger partial charge in [-0.2, -0.15) is 5.26 Å². The van der Waals surface area contributed by atoms with E-state index in [1.54, 1.807) is 6.92 Å². The van der Waals surface area contributed by atoms with Gasteiger partial charge in [-0.1, -0.05) is 19.6 Å². The summed E-state index contributed by atoms with van der Waals surface area (Å²) in [5.74, 6) is 0. The Kier molecular flexibility index (Phi) is 7.75. The van der Waals surface area contributed by atoms with Gasteiger partial charge in [0.05, 0.1) is 17.4 Å². The first-order valence-corrected chi connectivity index (χ1v) is 9.79. The van der Waals surface area contributed by atoms with E-state index >= 15 is 0 Å². The summed E-state index contributed by atoms with van der Waals surface area (Å²) in [6.45, 7) is 9.28. The molecule has 0 aliphatic carbocycles. The Bertz CT molecular complexity index is 360. The highest BCUT2D eigenvalue weighted by molar-refractivity contribution is 9.18. The molecule has 0 rings (SSSR count). The lowest BCUT2D eigenvalue weighted by molar-refractivity contribution is 0.341. The van der Waals surface area contributed by atoms with Gasteiger partial charge in [-0.3, -0.25) is 0 Å². The zero-order valence-electron chi connectivity index (χ0n) is 10.7. The predicted molar refractivity (Wildman–Crippen MR) is 78.3 cm³/mol. The zero-order chi connectivity index (χ0) is 13.3. The number of nitrogens with zero attached hydrogens (tertiary/aromatic N) is 3. The van der Waals surface area contributed by atoms with E-state index in [1.807, 2.05) is 6.07 Å². The number of hydrogen-bond donors (Lipinski definition) is 0. The van der Waals surface area contributed by atoms with Gasteiger partial charge in [-0.15, -0.1) is 0 Å². The number of allylic oxidation sites excluding steroid dienone is 1. The van der Waals surface area contributed by atoms with Crippen LogP contribution in [0.15, 0.2) is 21.9 Å². The Morgan fingerprint density at radius 1 is 1.47 bits per heavy atom. The van der Waals surface area contributed by atoms with E-state index in [0.717, 1.165) is 6.04 Å². The van der Waals surface area contributed by atoms with Crippen molar-refractivity contribution in [2.45, 2.75) is 32.6 Å². The van der Waals surface area contributed by atoms with E-state index in [1.165, 1.54) is 12.6 Å². The summed E-state index contributed by atoms with van der Waals surface area (Å²) in [6.07, 6.45) is 2.73. The molecule has 0 aliphatic heterocycles. The highest BCUT2D eigenvalue weighted by Gasteiger charge is 2.11. The lowest BCUT2D eigenvalue weighted by Crippen LogP contribution is -2.21. The number of rotatable bonds is 6.